The van der Waals surface area contributed by atoms with Crippen molar-refractivity contribution in [3.63, 3.8) is 0 Å². The number of nitrogens with zero attached hydrogens (tertiary/aromatic N) is 1. The summed E-state index contributed by atoms with van der Waals surface area (Å²) in [5.74, 6) is -2.75. The molecule has 1 saturated heterocycles. The number of carbonyl (C=O) groups excluding carboxylic acids is 1. The summed E-state index contributed by atoms with van der Waals surface area (Å²) in [5.41, 5.74) is -0.316. The van der Waals surface area contributed by atoms with Gasteiger partial charge in [0.15, 0.2) is 0 Å². The molecule has 1 fully saturated rings. The Morgan fingerprint density at radius 2 is 1.90 bits per heavy atom. The maximum Gasteiger partial charge on any atom is 0.707 e. The Morgan fingerprint density at radius 1 is 1.17 bits per heavy atom. The van der Waals surface area contributed by atoms with Gasteiger partial charge < -0.3 is 20.0 Å². The zero-order chi connectivity index (χ0) is 21.9. The van der Waals surface area contributed by atoms with Gasteiger partial charge in [0.25, 0.3) is 5.91 Å². The number of hydrogen-bond donors (Lipinski definition) is 3. The van der Waals surface area contributed by atoms with Crippen LogP contribution in [0.25, 0.3) is 0 Å². The van der Waals surface area contributed by atoms with E-state index in [-0.39, 0.29) is 24.4 Å². The van der Waals surface area contributed by atoms with Crippen molar-refractivity contribution in [2.45, 2.75) is 23.8 Å². The zero-order valence-corrected chi connectivity index (χ0v) is 16.5. The Bertz CT molecular complexity index is 1040. The molecule has 0 radical (unpaired) electrons. The number of piperidine rings is 1. The third-order valence-corrected chi connectivity index (χ3v) is 6.50. The van der Waals surface area contributed by atoms with E-state index in [4.69, 9.17) is 10.0 Å². The molecule has 1 atom stereocenters. The van der Waals surface area contributed by atoms with Crippen LogP contribution in [0.5, 0.6) is 5.75 Å². The number of sulfonamides is 1. The van der Waals surface area contributed by atoms with E-state index < -0.39 is 45.8 Å². The van der Waals surface area contributed by atoms with Crippen LogP contribution in [-0.4, -0.2) is 55.1 Å². The van der Waals surface area contributed by atoms with Gasteiger partial charge in [-0.15, -0.1) is 0 Å². The fourth-order valence-electron chi connectivity index (χ4n) is 3.21. The lowest BCUT2D eigenvalue weighted by molar-refractivity contribution is 0.0917. The van der Waals surface area contributed by atoms with Crippen LogP contribution >= 0.6 is 0 Å². The highest BCUT2D eigenvalue weighted by molar-refractivity contribution is 7.89. The lowest BCUT2D eigenvalue weighted by Crippen LogP contribution is -2.49. The number of amides is 1. The van der Waals surface area contributed by atoms with Crippen LogP contribution in [0.2, 0.25) is 0 Å². The first-order chi connectivity index (χ1) is 14.2. The summed E-state index contributed by atoms with van der Waals surface area (Å²) in [7, 11) is -6.21. The van der Waals surface area contributed by atoms with Crippen LogP contribution in [0.15, 0.2) is 47.4 Å². The van der Waals surface area contributed by atoms with Gasteiger partial charge in [-0.25, -0.2) is 17.2 Å². The molecule has 1 amide bonds. The van der Waals surface area contributed by atoms with Crippen LogP contribution in [0.4, 0.5) is 8.78 Å². The quantitative estimate of drug-likeness (QED) is 0.575. The van der Waals surface area contributed by atoms with Gasteiger partial charge in [-0.3, -0.25) is 4.79 Å². The lowest BCUT2D eigenvalue weighted by Gasteiger charge is -2.32. The minimum absolute atomic E-state index is 0.0814. The highest BCUT2D eigenvalue weighted by Crippen LogP contribution is 2.23. The van der Waals surface area contributed by atoms with E-state index in [2.05, 4.69) is 9.97 Å². The minimum atomic E-state index is -4.08. The molecule has 0 unspecified atom stereocenters. The van der Waals surface area contributed by atoms with Gasteiger partial charge in [0.2, 0.25) is 10.0 Å². The number of rotatable bonds is 6. The molecule has 12 heteroatoms. The average Bonchev–Trinajstić information content (AvgIpc) is 2.68. The first kappa shape index (κ1) is 22.2. The maximum absolute atomic E-state index is 14.2. The first-order valence-corrected chi connectivity index (χ1v) is 10.5. The number of hydrogen-bond acceptors (Lipinski definition) is 6. The van der Waals surface area contributed by atoms with Gasteiger partial charge in [0, 0.05) is 25.2 Å². The minimum Gasteiger partial charge on any atom is -0.512 e. The molecule has 3 N–H and O–H groups in total. The Labute approximate surface area is 172 Å². The van der Waals surface area contributed by atoms with E-state index in [9.17, 15) is 22.0 Å². The van der Waals surface area contributed by atoms with Crippen molar-refractivity contribution < 1.29 is 36.7 Å². The second-order valence-electron chi connectivity index (χ2n) is 6.69. The summed E-state index contributed by atoms with van der Waals surface area (Å²) in [4.78, 5) is 12.0. The third-order valence-electron chi connectivity index (χ3n) is 4.60. The molecule has 1 heterocycles. The Morgan fingerprint density at radius 3 is 2.57 bits per heavy atom. The topological polar surface area (TPSA) is 116 Å². The van der Waals surface area contributed by atoms with E-state index in [1.54, 1.807) is 0 Å². The highest BCUT2D eigenvalue weighted by Gasteiger charge is 2.32. The smallest absolute Gasteiger partial charge is 0.512 e. The molecule has 0 aromatic heterocycles. The van der Waals surface area contributed by atoms with Crippen LogP contribution < -0.4 is 9.97 Å². The van der Waals surface area contributed by atoms with Gasteiger partial charge in [0.1, 0.15) is 22.3 Å². The zero-order valence-electron chi connectivity index (χ0n) is 15.7. The number of carbonyl (C=O) groups is 1. The summed E-state index contributed by atoms with van der Waals surface area (Å²) >= 11 is 0. The van der Waals surface area contributed by atoms with E-state index in [1.807, 2.05) is 0 Å². The van der Waals surface area contributed by atoms with E-state index in [0.717, 1.165) is 22.5 Å². The van der Waals surface area contributed by atoms with Crippen molar-refractivity contribution in [2.24, 2.45) is 0 Å². The normalized spacial score (nSPS) is 17.4. The van der Waals surface area contributed by atoms with Gasteiger partial charge in [-0.2, -0.15) is 4.31 Å². The molecular weight excluding hydrogens is 421 g/mol. The SMILES string of the molecule is O=C(N[C@@H]1CCCN(S(=O)(=O)c2ccccc2F)C1)c1ccc(OB(O)O)cc1F. The third kappa shape index (κ3) is 4.95. The summed E-state index contributed by atoms with van der Waals surface area (Å²) in [6.07, 6.45) is 0.900. The van der Waals surface area contributed by atoms with Crippen LogP contribution in [0.3, 0.4) is 0 Å². The fourth-order valence-corrected chi connectivity index (χ4v) is 4.80. The Kier molecular flexibility index (Phi) is 6.71. The molecule has 2 aromatic rings. The van der Waals surface area contributed by atoms with Gasteiger partial charge in [0.05, 0.1) is 5.56 Å². The molecule has 3 rings (SSSR count). The average molecular weight is 440 g/mol. The van der Waals surface area contributed by atoms with Gasteiger partial charge >= 0.3 is 7.32 Å². The molecule has 2 aromatic carbocycles. The van der Waals surface area contributed by atoms with Crippen LogP contribution in [0.1, 0.15) is 23.2 Å². The summed E-state index contributed by atoms with van der Waals surface area (Å²) < 4.78 is 59.3. The van der Waals surface area contributed by atoms with Crippen LogP contribution in [0, 0.1) is 11.6 Å². The van der Waals surface area contributed by atoms with Crippen molar-refractivity contribution >= 4 is 23.3 Å². The number of benzene rings is 2. The Balaban J connectivity index is 1.71. The number of nitrogens with one attached hydrogen (secondary N) is 1. The fraction of sp³-hybridized carbons (Fsp3) is 0.278. The number of halogens is 2. The van der Waals surface area contributed by atoms with Crippen molar-refractivity contribution in [3.05, 3.63) is 59.7 Å². The van der Waals surface area contributed by atoms with Crippen molar-refractivity contribution in [1.82, 2.24) is 9.62 Å². The van der Waals surface area contributed by atoms with Crippen LogP contribution in [-0.2, 0) is 10.0 Å². The molecule has 0 spiro atoms. The summed E-state index contributed by atoms with van der Waals surface area (Å²) in [6.45, 7) is 0.0921. The van der Waals surface area contributed by atoms with Crippen molar-refractivity contribution in [3.8, 4) is 5.75 Å². The largest absolute Gasteiger partial charge is 0.707 e. The standard InChI is InChI=1S/C18H19BF2N2O6S/c20-15-5-1-2-6-17(15)30(27,28)23-9-3-4-12(11-23)22-18(24)14-8-7-13(10-16(14)21)29-19(25)26/h1-2,5-8,10,12,25-26H,3-4,9,11H2,(H,22,24)/t12-/m1/s1. The molecule has 30 heavy (non-hydrogen) atoms. The molecule has 0 saturated carbocycles. The highest BCUT2D eigenvalue weighted by atomic mass is 32.2. The molecular formula is C18H19BF2N2O6S. The predicted molar refractivity (Wildman–Crippen MR) is 103 cm³/mol. The summed E-state index contributed by atoms with van der Waals surface area (Å²) in [5, 5.41) is 20.1. The van der Waals surface area contributed by atoms with E-state index in [0.29, 0.717) is 12.8 Å². The predicted octanol–water partition coefficient (Wildman–Crippen LogP) is 0.896. The second-order valence-corrected chi connectivity index (χ2v) is 8.60. The molecule has 1 aliphatic rings. The first-order valence-electron chi connectivity index (χ1n) is 9.06. The monoisotopic (exact) mass is 440 g/mol. The van der Waals surface area contributed by atoms with E-state index in [1.165, 1.54) is 24.3 Å². The molecule has 0 bridgehead atoms. The molecule has 1 aliphatic heterocycles. The molecule has 160 valence electrons. The molecule has 0 aliphatic carbocycles. The van der Waals surface area contributed by atoms with Gasteiger partial charge in [-0.1, -0.05) is 12.1 Å². The van der Waals surface area contributed by atoms with Crippen molar-refractivity contribution in [1.29, 1.82) is 0 Å². The van der Waals surface area contributed by atoms with E-state index >= 15 is 0 Å². The Hall–Kier alpha value is -2.54. The molecule has 8 nitrogen and oxygen atoms in total. The second kappa shape index (κ2) is 9.08. The lowest BCUT2D eigenvalue weighted by atomic mass is 10.1. The van der Waals surface area contributed by atoms with Gasteiger partial charge in [-0.05, 0) is 37.1 Å². The maximum atomic E-state index is 14.2. The van der Waals surface area contributed by atoms with Crippen molar-refractivity contribution in [2.75, 3.05) is 13.1 Å². The summed E-state index contributed by atoms with van der Waals surface area (Å²) in [6, 6.07) is 7.57.